The molecular formula is C11H17NO. The van der Waals surface area contributed by atoms with Crippen molar-refractivity contribution >= 4 is 5.69 Å². The fraction of sp³-hybridized carbons (Fsp3) is 0.455. The number of para-hydroxylation sites is 1. The Morgan fingerprint density at radius 1 is 1.00 bits per heavy atom. The van der Waals surface area contributed by atoms with Gasteiger partial charge in [-0.15, -0.1) is 0 Å². The molecule has 0 atom stereocenters. The molecule has 2 rings (SSSR count). The lowest BCUT2D eigenvalue weighted by Crippen LogP contribution is -2.16. The second kappa shape index (κ2) is 5.60. The van der Waals surface area contributed by atoms with E-state index in [-0.39, 0.29) is 0 Å². The molecule has 0 radical (unpaired) electrons. The molecular weight excluding hydrogens is 162 g/mol. The van der Waals surface area contributed by atoms with E-state index < -0.39 is 0 Å². The monoisotopic (exact) mass is 179 g/mol. The summed E-state index contributed by atoms with van der Waals surface area (Å²) in [6, 6.07) is 10.7. The Morgan fingerprint density at radius 2 is 1.54 bits per heavy atom. The van der Waals surface area contributed by atoms with E-state index in [1.807, 2.05) is 0 Å². The van der Waals surface area contributed by atoms with E-state index in [2.05, 4.69) is 35.2 Å². The average Bonchev–Trinajstić information content (AvgIpc) is 2.75. The number of anilines is 1. The van der Waals surface area contributed by atoms with Crippen molar-refractivity contribution in [2.75, 3.05) is 25.1 Å². The van der Waals surface area contributed by atoms with Crippen LogP contribution in [-0.4, -0.2) is 25.3 Å². The van der Waals surface area contributed by atoms with Gasteiger partial charge in [-0.3, -0.25) is 0 Å². The summed E-state index contributed by atoms with van der Waals surface area (Å²) < 4.78 is 0. The third-order valence-electron chi connectivity index (χ3n) is 2.23. The Hall–Kier alpha value is -1.02. The molecule has 2 heteroatoms. The molecule has 1 saturated heterocycles. The summed E-state index contributed by atoms with van der Waals surface area (Å²) in [6.45, 7) is 2.48. The topological polar surface area (TPSA) is 23.5 Å². The van der Waals surface area contributed by atoms with Crippen molar-refractivity contribution in [3.05, 3.63) is 30.3 Å². The highest BCUT2D eigenvalue weighted by Gasteiger charge is 2.10. The van der Waals surface area contributed by atoms with E-state index >= 15 is 0 Å². The molecule has 1 N–H and O–H groups in total. The number of benzene rings is 1. The van der Waals surface area contributed by atoms with Gasteiger partial charge in [-0.2, -0.15) is 0 Å². The SMILES string of the molecule is CO.c1ccc(N2CCCC2)cc1. The molecule has 0 aromatic heterocycles. The van der Waals surface area contributed by atoms with E-state index in [1.54, 1.807) is 0 Å². The summed E-state index contributed by atoms with van der Waals surface area (Å²) in [6.07, 6.45) is 2.71. The lowest BCUT2D eigenvalue weighted by atomic mass is 10.3. The molecule has 1 fully saturated rings. The van der Waals surface area contributed by atoms with E-state index in [1.165, 1.54) is 31.6 Å². The maximum atomic E-state index is 7.00. The second-order valence-corrected chi connectivity index (χ2v) is 3.03. The quantitative estimate of drug-likeness (QED) is 0.711. The third-order valence-corrected chi connectivity index (χ3v) is 2.23. The van der Waals surface area contributed by atoms with Crippen LogP contribution in [0.3, 0.4) is 0 Å². The standard InChI is InChI=1S/C10H13N.CH4O/c1-2-6-10(7-3-1)11-8-4-5-9-11;1-2/h1-3,6-7H,4-5,8-9H2;2H,1H3. The first-order valence-electron chi connectivity index (χ1n) is 4.71. The van der Waals surface area contributed by atoms with E-state index in [0.29, 0.717) is 0 Å². The van der Waals surface area contributed by atoms with Gasteiger partial charge in [0, 0.05) is 25.9 Å². The first-order valence-corrected chi connectivity index (χ1v) is 4.71. The summed E-state index contributed by atoms with van der Waals surface area (Å²) in [5, 5.41) is 7.00. The van der Waals surface area contributed by atoms with Crippen molar-refractivity contribution in [3.63, 3.8) is 0 Å². The fourth-order valence-corrected chi connectivity index (χ4v) is 1.61. The van der Waals surface area contributed by atoms with Gasteiger partial charge >= 0.3 is 0 Å². The van der Waals surface area contributed by atoms with Gasteiger partial charge < -0.3 is 10.0 Å². The van der Waals surface area contributed by atoms with Crippen LogP contribution >= 0.6 is 0 Å². The molecule has 1 aliphatic rings. The van der Waals surface area contributed by atoms with Gasteiger partial charge in [0.15, 0.2) is 0 Å². The van der Waals surface area contributed by atoms with E-state index in [0.717, 1.165) is 7.11 Å². The minimum atomic E-state index is 1.00. The van der Waals surface area contributed by atoms with E-state index in [9.17, 15) is 0 Å². The number of aliphatic hydroxyl groups excluding tert-OH is 1. The maximum Gasteiger partial charge on any atom is 0.0366 e. The molecule has 1 aliphatic heterocycles. The van der Waals surface area contributed by atoms with Crippen molar-refractivity contribution in [1.29, 1.82) is 0 Å². The molecule has 0 bridgehead atoms. The molecule has 0 unspecified atom stereocenters. The van der Waals surface area contributed by atoms with E-state index in [4.69, 9.17) is 5.11 Å². The molecule has 0 amide bonds. The second-order valence-electron chi connectivity index (χ2n) is 3.03. The number of rotatable bonds is 1. The van der Waals surface area contributed by atoms with Crippen LogP contribution in [0.4, 0.5) is 5.69 Å². The number of hydrogen-bond acceptors (Lipinski definition) is 2. The van der Waals surface area contributed by atoms with Crippen molar-refractivity contribution in [1.82, 2.24) is 0 Å². The molecule has 0 spiro atoms. The Balaban J connectivity index is 0.000000396. The highest BCUT2D eigenvalue weighted by Crippen LogP contribution is 2.18. The zero-order valence-corrected chi connectivity index (χ0v) is 8.11. The molecule has 0 saturated carbocycles. The Labute approximate surface area is 79.8 Å². The highest BCUT2D eigenvalue weighted by atomic mass is 16.2. The number of hydrogen-bond donors (Lipinski definition) is 1. The van der Waals surface area contributed by atoms with Crippen LogP contribution in [0.2, 0.25) is 0 Å². The minimum absolute atomic E-state index is 1.00. The lowest BCUT2D eigenvalue weighted by molar-refractivity contribution is 0.399. The van der Waals surface area contributed by atoms with Crippen LogP contribution in [0.1, 0.15) is 12.8 Å². The van der Waals surface area contributed by atoms with Crippen LogP contribution in [0.15, 0.2) is 30.3 Å². The van der Waals surface area contributed by atoms with Crippen LogP contribution in [0.25, 0.3) is 0 Å². The molecule has 13 heavy (non-hydrogen) atoms. The summed E-state index contributed by atoms with van der Waals surface area (Å²) in [5.74, 6) is 0. The van der Waals surface area contributed by atoms with Gasteiger partial charge in [-0.1, -0.05) is 18.2 Å². The zero-order valence-electron chi connectivity index (χ0n) is 8.11. The van der Waals surface area contributed by atoms with Gasteiger partial charge in [0.25, 0.3) is 0 Å². The predicted molar refractivity (Wildman–Crippen MR) is 56.0 cm³/mol. The molecule has 0 aliphatic carbocycles. The maximum absolute atomic E-state index is 7.00. The summed E-state index contributed by atoms with van der Waals surface area (Å²) in [5.41, 5.74) is 1.38. The minimum Gasteiger partial charge on any atom is -0.400 e. The fourth-order valence-electron chi connectivity index (χ4n) is 1.61. The normalized spacial score (nSPS) is 15.1. The predicted octanol–water partition coefficient (Wildman–Crippen LogP) is 1.90. The van der Waals surface area contributed by atoms with Gasteiger partial charge in [0.1, 0.15) is 0 Å². The summed E-state index contributed by atoms with van der Waals surface area (Å²) in [4.78, 5) is 2.44. The molecule has 2 nitrogen and oxygen atoms in total. The van der Waals surface area contributed by atoms with Crippen molar-refractivity contribution in [2.24, 2.45) is 0 Å². The summed E-state index contributed by atoms with van der Waals surface area (Å²) >= 11 is 0. The van der Waals surface area contributed by atoms with Crippen molar-refractivity contribution < 1.29 is 5.11 Å². The third kappa shape index (κ3) is 2.74. The largest absolute Gasteiger partial charge is 0.400 e. The molecule has 1 aromatic rings. The Morgan fingerprint density at radius 3 is 2.08 bits per heavy atom. The van der Waals surface area contributed by atoms with Crippen LogP contribution in [0.5, 0.6) is 0 Å². The van der Waals surface area contributed by atoms with Crippen LogP contribution in [0, 0.1) is 0 Å². The van der Waals surface area contributed by atoms with Crippen LogP contribution < -0.4 is 4.90 Å². The van der Waals surface area contributed by atoms with Gasteiger partial charge in [0.05, 0.1) is 0 Å². The highest BCUT2D eigenvalue weighted by molar-refractivity contribution is 5.46. The van der Waals surface area contributed by atoms with Gasteiger partial charge in [-0.05, 0) is 25.0 Å². The zero-order chi connectivity index (χ0) is 9.52. The summed E-state index contributed by atoms with van der Waals surface area (Å²) in [7, 11) is 1.00. The lowest BCUT2D eigenvalue weighted by Gasteiger charge is -2.16. The van der Waals surface area contributed by atoms with Crippen LogP contribution in [-0.2, 0) is 0 Å². The van der Waals surface area contributed by atoms with Crippen molar-refractivity contribution in [3.8, 4) is 0 Å². The number of aliphatic hydroxyl groups is 1. The molecule has 72 valence electrons. The van der Waals surface area contributed by atoms with Gasteiger partial charge in [-0.25, -0.2) is 0 Å². The van der Waals surface area contributed by atoms with Crippen molar-refractivity contribution in [2.45, 2.75) is 12.8 Å². The number of nitrogens with zero attached hydrogens (tertiary/aromatic N) is 1. The Bertz CT molecular complexity index is 217. The average molecular weight is 179 g/mol. The molecule has 1 heterocycles. The first kappa shape index (κ1) is 10.1. The smallest absolute Gasteiger partial charge is 0.0366 e. The Kier molecular flexibility index (Phi) is 4.33. The van der Waals surface area contributed by atoms with Gasteiger partial charge in [0.2, 0.25) is 0 Å². The molecule has 1 aromatic carbocycles. The first-order chi connectivity index (χ1) is 6.47.